The third kappa shape index (κ3) is 2.14. The van der Waals surface area contributed by atoms with Gasteiger partial charge in [0.1, 0.15) is 5.75 Å². The van der Waals surface area contributed by atoms with Crippen molar-refractivity contribution in [2.75, 3.05) is 7.11 Å². The summed E-state index contributed by atoms with van der Waals surface area (Å²) < 4.78 is 5.12. The van der Waals surface area contributed by atoms with Crippen molar-refractivity contribution >= 4 is 5.57 Å². The lowest BCUT2D eigenvalue weighted by Crippen LogP contribution is -1.87. The minimum atomic E-state index is 0.865. The third-order valence-electron chi connectivity index (χ3n) is 2.56. The van der Waals surface area contributed by atoms with Gasteiger partial charge in [0.25, 0.3) is 0 Å². The SMILES string of the molecule is C=C(c1ccccc1)c1ccc(OC)cc1. The largest absolute Gasteiger partial charge is 0.497 e. The van der Waals surface area contributed by atoms with E-state index in [4.69, 9.17) is 4.74 Å². The van der Waals surface area contributed by atoms with Crippen molar-refractivity contribution in [1.82, 2.24) is 0 Å². The molecule has 2 rings (SSSR count). The summed E-state index contributed by atoms with van der Waals surface area (Å²) in [6.07, 6.45) is 0. The number of benzene rings is 2. The lowest BCUT2D eigenvalue weighted by molar-refractivity contribution is 0.415. The summed E-state index contributed by atoms with van der Waals surface area (Å²) in [4.78, 5) is 0. The molecule has 0 saturated carbocycles. The molecule has 0 aliphatic carbocycles. The van der Waals surface area contributed by atoms with Gasteiger partial charge in [-0.3, -0.25) is 0 Å². The normalized spacial score (nSPS) is 9.81. The lowest BCUT2D eigenvalue weighted by atomic mass is 10.00. The van der Waals surface area contributed by atoms with Crippen LogP contribution in [0.15, 0.2) is 61.2 Å². The first-order chi connectivity index (χ1) is 7.81. The molecular formula is C15H14O. The topological polar surface area (TPSA) is 9.23 Å². The van der Waals surface area contributed by atoms with Crippen molar-refractivity contribution in [2.45, 2.75) is 0 Å². The fourth-order valence-electron chi connectivity index (χ4n) is 1.60. The van der Waals surface area contributed by atoms with E-state index in [-0.39, 0.29) is 0 Å². The molecule has 0 aromatic heterocycles. The molecule has 1 nitrogen and oxygen atoms in total. The second-order valence-electron chi connectivity index (χ2n) is 3.57. The van der Waals surface area contributed by atoms with Crippen LogP contribution in [0, 0.1) is 0 Å². The molecule has 16 heavy (non-hydrogen) atoms. The van der Waals surface area contributed by atoms with Gasteiger partial charge in [0, 0.05) is 0 Å². The number of ether oxygens (including phenoxy) is 1. The summed E-state index contributed by atoms with van der Waals surface area (Å²) in [5, 5.41) is 0. The zero-order valence-electron chi connectivity index (χ0n) is 9.31. The second kappa shape index (κ2) is 4.67. The van der Waals surface area contributed by atoms with E-state index in [1.807, 2.05) is 42.5 Å². The van der Waals surface area contributed by atoms with Crippen molar-refractivity contribution in [1.29, 1.82) is 0 Å². The van der Waals surface area contributed by atoms with Crippen LogP contribution in [0.25, 0.3) is 5.57 Å². The van der Waals surface area contributed by atoms with E-state index in [9.17, 15) is 0 Å². The first-order valence-electron chi connectivity index (χ1n) is 5.20. The first kappa shape index (κ1) is 10.5. The molecule has 0 N–H and O–H groups in total. The highest BCUT2D eigenvalue weighted by molar-refractivity contribution is 5.78. The third-order valence-corrected chi connectivity index (χ3v) is 2.56. The van der Waals surface area contributed by atoms with Crippen LogP contribution in [-0.2, 0) is 0 Å². The fraction of sp³-hybridized carbons (Fsp3) is 0.0667. The van der Waals surface area contributed by atoms with Gasteiger partial charge in [-0.05, 0) is 28.8 Å². The molecule has 0 atom stereocenters. The first-order valence-corrected chi connectivity index (χ1v) is 5.20. The molecule has 0 spiro atoms. The van der Waals surface area contributed by atoms with Crippen molar-refractivity contribution < 1.29 is 4.74 Å². The highest BCUT2D eigenvalue weighted by Gasteiger charge is 2.01. The molecule has 0 bridgehead atoms. The average Bonchev–Trinajstić information content (AvgIpc) is 2.39. The Balaban J connectivity index is 2.28. The molecule has 2 aromatic carbocycles. The maximum Gasteiger partial charge on any atom is 0.118 e. The minimum Gasteiger partial charge on any atom is -0.497 e. The summed E-state index contributed by atoms with van der Waals surface area (Å²) in [5.41, 5.74) is 3.29. The van der Waals surface area contributed by atoms with Crippen LogP contribution in [0.1, 0.15) is 11.1 Å². The zero-order chi connectivity index (χ0) is 11.4. The van der Waals surface area contributed by atoms with Crippen LogP contribution >= 0.6 is 0 Å². The van der Waals surface area contributed by atoms with E-state index in [2.05, 4.69) is 18.7 Å². The molecule has 0 saturated heterocycles. The lowest BCUT2D eigenvalue weighted by Gasteiger charge is -2.07. The molecule has 1 heteroatoms. The zero-order valence-corrected chi connectivity index (χ0v) is 9.31. The van der Waals surface area contributed by atoms with Crippen LogP contribution in [0.4, 0.5) is 0 Å². The van der Waals surface area contributed by atoms with E-state index in [1.54, 1.807) is 7.11 Å². The summed E-state index contributed by atoms with van der Waals surface area (Å²) in [6, 6.07) is 18.1. The van der Waals surface area contributed by atoms with Crippen LogP contribution in [0.3, 0.4) is 0 Å². The second-order valence-corrected chi connectivity index (χ2v) is 3.57. The number of hydrogen-bond donors (Lipinski definition) is 0. The molecule has 0 radical (unpaired) electrons. The Hall–Kier alpha value is -2.02. The van der Waals surface area contributed by atoms with E-state index >= 15 is 0 Å². The summed E-state index contributed by atoms with van der Waals surface area (Å²) >= 11 is 0. The van der Waals surface area contributed by atoms with Crippen molar-refractivity contribution in [2.24, 2.45) is 0 Å². The van der Waals surface area contributed by atoms with Crippen LogP contribution in [0.5, 0.6) is 5.75 Å². The predicted octanol–water partition coefficient (Wildman–Crippen LogP) is 3.76. The molecule has 0 fully saturated rings. The Morgan fingerprint density at radius 3 is 2.00 bits per heavy atom. The maximum absolute atomic E-state index is 5.12. The summed E-state index contributed by atoms with van der Waals surface area (Å²) in [7, 11) is 1.67. The highest BCUT2D eigenvalue weighted by atomic mass is 16.5. The van der Waals surface area contributed by atoms with Crippen LogP contribution < -0.4 is 4.74 Å². The van der Waals surface area contributed by atoms with Gasteiger partial charge in [-0.1, -0.05) is 49.0 Å². The average molecular weight is 210 g/mol. The van der Waals surface area contributed by atoms with Gasteiger partial charge in [-0.2, -0.15) is 0 Å². The summed E-state index contributed by atoms with van der Waals surface area (Å²) in [6.45, 7) is 4.11. The van der Waals surface area contributed by atoms with E-state index in [0.29, 0.717) is 0 Å². The van der Waals surface area contributed by atoms with E-state index in [0.717, 1.165) is 22.4 Å². The van der Waals surface area contributed by atoms with Gasteiger partial charge < -0.3 is 4.74 Å². The minimum absolute atomic E-state index is 0.865. The van der Waals surface area contributed by atoms with Crippen LogP contribution in [-0.4, -0.2) is 7.11 Å². The molecule has 0 aliphatic rings. The number of methoxy groups -OCH3 is 1. The molecule has 80 valence electrons. The van der Waals surface area contributed by atoms with E-state index < -0.39 is 0 Å². The van der Waals surface area contributed by atoms with Crippen molar-refractivity contribution in [3.63, 3.8) is 0 Å². The highest BCUT2D eigenvalue weighted by Crippen LogP contribution is 2.23. The monoisotopic (exact) mass is 210 g/mol. The van der Waals surface area contributed by atoms with E-state index in [1.165, 1.54) is 0 Å². The molecular weight excluding hydrogens is 196 g/mol. The van der Waals surface area contributed by atoms with Crippen molar-refractivity contribution in [3.05, 3.63) is 72.3 Å². The smallest absolute Gasteiger partial charge is 0.118 e. The van der Waals surface area contributed by atoms with Crippen molar-refractivity contribution in [3.8, 4) is 5.75 Å². The standard InChI is InChI=1S/C15H14O/c1-12(13-6-4-3-5-7-13)14-8-10-15(16-2)11-9-14/h3-11H,1H2,2H3. The Labute approximate surface area is 96.0 Å². The Bertz CT molecular complexity index is 469. The maximum atomic E-state index is 5.12. The molecule has 0 amide bonds. The number of hydrogen-bond acceptors (Lipinski definition) is 1. The van der Waals surface area contributed by atoms with Crippen LogP contribution in [0.2, 0.25) is 0 Å². The Morgan fingerprint density at radius 2 is 1.44 bits per heavy atom. The molecule has 0 heterocycles. The summed E-state index contributed by atoms with van der Waals surface area (Å²) in [5.74, 6) is 0.865. The van der Waals surface area contributed by atoms with Gasteiger partial charge >= 0.3 is 0 Å². The fourth-order valence-corrected chi connectivity index (χ4v) is 1.60. The van der Waals surface area contributed by atoms with Gasteiger partial charge in [-0.15, -0.1) is 0 Å². The van der Waals surface area contributed by atoms with Gasteiger partial charge in [0.15, 0.2) is 0 Å². The van der Waals surface area contributed by atoms with Gasteiger partial charge in [0.2, 0.25) is 0 Å². The quantitative estimate of drug-likeness (QED) is 0.749. The van der Waals surface area contributed by atoms with Gasteiger partial charge in [0.05, 0.1) is 7.11 Å². The predicted molar refractivity (Wildman–Crippen MR) is 67.6 cm³/mol. The Kier molecular flexibility index (Phi) is 3.06. The molecule has 0 aliphatic heterocycles. The Morgan fingerprint density at radius 1 is 0.875 bits per heavy atom. The number of rotatable bonds is 3. The molecule has 2 aromatic rings. The molecule has 0 unspecified atom stereocenters. The van der Waals surface area contributed by atoms with Gasteiger partial charge in [-0.25, -0.2) is 0 Å².